The fraction of sp³-hybridized carbons (Fsp3) is 0.267. The molecule has 0 bridgehead atoms. The molecular weight excluding hydrogens is 230 g/mol. The van der Waals surface area contributed by atoms with E-state index in [4.69, 9.17) is 11.6 Å². The van der Waals surface area contributed by atoms with E-state index in [-0.39, 0.29) is 0 Å². The van der Waals surface area contributed by atoms with E-state index in [0.29, 0.717) is 5.92 Å². The first-order valence-electron chi connectivity index (χ1n) is 5.91. The molecule has 0 saturated carbocycles. The van der Waals surface area contributed by atoms with E-state index in [1.165, 1.54) is 11.1 Å². The quantitative estimate of drug-likeness (QED) is 0.779. The van der Waals surface area contributed by atoms with Crippen molar-refractivity contribution in [2.45, 2.75) is 26.2 Å². The van der Waals surface area contributed by atoms with Crippen LogP contribution in [0.5, 0.6) is 0 Å². The summed E-state index contributed by atoms with van der Waals surface area (Å²) in [4.78, 5) is 4.52. The third-order valence-corrected chi connectivity index (χ3v) is 3.32. The van der Waals surface area contributed by atoms with Crippen LogP contribution in [-0.2, 0) is 6.42 Å². The van der Waals surface area contributed by atoms with E-state index in [1.54, 1.807) is 0 Å². The monoisotopic (exact) mass is 245 g/mol. The lowest BCUT2D eigenvalue weighted by atomic mass is 9.97. The molecule has 0 aliphatic heterocycles. The number of rotatable bonds is 3. The summed E-state index contributed by atoms with van der Waals surface area (Å²) in [6.45, 7) is 4.30. The van der Waals surface area contributed by atoms with Crippen LogP contribution >= 0.6 is 11.6 Å². The van der Waals surface area contributed by atoms with E-state index >= 15 is 0 Å². The van der Waals surface area contributed by atoms with Gasteiger partial charge in [0.1, 0.15) is 0 Å². The predicted molar refractivity (Wildman–Crippen MR) is 72.6 cm³/mol. The number of hydrogen-bond donors (Lipinski definition) is 0. The van der Waals surface area contributed by atoms with Crippen molar-refractivity contribution in [3.8, 4) is 0 Å². The molecule has 2 rings (SSSR count). The van der Waals surface area contributed by atoms with Gasteiger partial charge in [0.25, 0.3) is 0 Å². The molecule has 1 heterocycles. The molecule has 0 aliphatic carbocycles. The average Bonchev–Trinajstić information content (AvgIpc) is 2.39. The van der Waals surface area contributed by atoms with E-state index in [0.717, 1.165) is 17.1 Å². The van der Waals surface area contributed by atoms with Gasteiger partial charge < -0.3 is 0 Å². The second kappa shape index (κ2) is 5.33. The molecule has 2 heteroatoms. The third-order valence-electron chi connectivity index (χ3n) is 3.07. The molecule has 1 aromatic heterocycles. The normalized spacial score (nSPS) is 12.4. The summed E-state index contributed by atoms with van der Waals surface area (Å²) in [6.07, 6.45) is 2.99. The Hall–Kier alpha value is -1.34. The van der Waals surface area contributed by atoms with E-state index in [9.17, 15) is 0 Å². The van der Waals surface area contributed by atoms with Gasteiger partial charge in [0.2, 0.25) is 0 Å². The first-order chi connectivity index (χ1) is 8.20. The summed E-state index contributed by atoms with van der Waals surface area (Å²) in [7, 11) is 0. The predicted octanol–water partition coefficient (Wildman–Crippen LogP) is 4.45. The number of aryl methyl sites for hydroxylation is 1. The Bertz CT molecular complexity index is 473. The number of hydrogen-bond acceptors (Lipinski definition) is 1. The minimum atomic E-state index is 0.304. The van der Waals surface area contributed by atoms with Gasteiger partial charge in [0.05, 0.1) is 0 Å². The van der Waals surface area contributed by atoms with Gasteiger partial charge in [-0.3, -0.25) is 4.98 Å². The highest BCUT2D eigenvalue weighted by atomic mass is 35.5. The lowest BCUT2D eigenvalue weighted by Gasteiger charge is -2.11. The Kier molecular flexibility index (Phi) is 3.80. The van der Waals surface area contributed by atoms with Gasteiger partial charge in [0.15, 0.2) is 0 Å². The van der Waals surface area contributed by atoms with Crippen molar-refractivity contribution in [1.29, 1.82) is 0 Å². The molecule has 2 aromatic rings. The second-order valence-electron chi connectivity index (χ2n) is 4.22. The van der Waals surface area contributed by atoms with Gasteiger partial charge in [-0.2, -0.15) is 0 Å². The van der Waals surface area contributed by atoms with Crippen LogP contribution in [0.15, 0.2) is 42.6 Å². The van der Waals surface area contributed by atoms with Crippen molar-refractivity contribution in [2.75, 3.05) is 0 Å². The van der Waals surface area contributed by atoms with E-state index in [2.05, 4.69) is 43.1 Å². The highest BCUT2D eigenvalue weighted by Gasteiger charge is 2.09. The van der Waals surface area contributed by atoms with E-state index in [1.807, 2.05) is 18.3 Å². The highest BCUT2D eigenvalue weighted by Crippen LogP contribution is 2.23. The number of benzene rings is 1. The van der Waals surface area contributed by atoms with Gasteiger partial charge in [-0.15, -0.1) is 0 Å². The zero-order chi connectivity index (χ0) is 12.3. The molecule has 1 atom stereocenters. The standard InChI is InChI=1S/C15H16ClN/c1-3-12-4-9-15(17-10-12)11(2)13-5-7-14(16)8-6-13/h4-11H,3H2,1-2H3. The summed E-state index contributed by atoms with van der Waals surface area (Å²) in [5, 5.41) is 0.773. The fourth-order valence-corrected chi connectivity index (χ4v) is 1.95. The molecule has 0 saturated heterocycles. The smallest absolute Gasteiger partial charge is 0.0475 e. The Balaban J connectivity index is 2.23. The van der Waals surface area contributed by atoms with Crippen LogP contribution in [0.4, 0.5) is 0 Å². The molecule has 17 heavy (non-hydrogen) atoms. The molecule has 0 fully saturated rings. The maximum atomic E-state index is 5.89. The minimum Gasteiger partial charge on any atom is -0.260 e. The Morgan fingerprint density at radius 1 is 1.12 bits per heavy atom. The van der Waals surface area contributed by atoms with Crippen LogP contribution in [0, 0.1) is 0 Å². The molecule has 1 nitrogen and oxygen atoms in total. The molecule has 0 spiro atoms. The van der Waals surface area contributed by atoms with Crippen molar-refractivity contribution in [3.05, 3.63) is 64.4 Å². The zero-order valence-electron chi connectivity index (χ0n) is 10.2. The molecular formula is C15H16ClN. The Morgan fingerprint density at radius 2 is 1.82 bits per heavy atom. The third kappa shape index (κ3) is 2.86. The molecule has 0 N–H and O–H groups in total. The van der Waals surface area contributed by atoms with Crippen molar-refractivity contribution < 1.29 is 0 Å². The van der Waals surface area contributed by atoms with Crippen LogP contribution in [0.2, 0.25) is 5.02 Å². The van der Waals surface area contributed by atoms with Crippen LogP contribution in [0.3, 0.4) is 0 Å². The van der Waals surface area contributed by atoms with Crippen LogP contribution in [-0.4, -0.2) is 4.98 Å². The topological polar surface area (TPSA) is 12.9 Å². The lowest BCUT2D eigenvalue weighted by molar-refractivity contribution is 0.865. The van der Waals surface area contributed by atoms with Crippen molar-refractivity contribution in [3.63, 3.8) is 0 Å². The number of nitrogens with zero attached hydrogens (tertiary/aromatic N) is 1. The van der Waals surface area contributed by atoms with Crippen molar-refractivity contribution in [2.24, 2.45) is 0 Å². The zero-order valence-corrected chi connectivity index (χ0v) is 10.9. The summed E-state index contributed by atoms with van der Waals surface area (Å²) >= 11 is 5.89. The molecule has 0 amide bonds. The number of halogens is 1. The summed E-state index contributed by atoms with van der Waals surface area (Å²) in [5.74, 6) is 0.304. The summed E-state index contributed by atoms with van der Waals surface area (Å²) in [6, 6.07) is 12.2. The van der Waals surface area contributed by atoms with E-state index < -0.39 is 0 Å². The first-order valence-corrected chi connectivity index (χ1v) is 6.28. The van der Waals surface area contributed by atoms with Crippen molar-refractivity contribution >= 4 is 11.6 Å². The maximum absolute atomic E-state index is 5.89. The highest BCUT2D eigenvalue weighted by molar-refractivity contribution is 6.30. The second-order valence-corrected chi connectivity index (χ2v) is 4.65. The van der Waals surface area contributed by atoms with Crippen LogP contribution in [0.1, 0.15) is 36.6 Å². The van der Waals surface area contributed by atoms with Gasteiger partial charge in [-0.1, -0.05) is 43.6 Å². The molecule has 1 aromatic carbocycles. The number of aromatic nitrogens is 1. The average molecular weight is 246 g/mol. The molecule has 0 aliphatic rings. The van der Waals surface area contributed by atoms with Gasteiger partial charge in [0, 0.05) is 22.8 Å². The van der Waals surface area contributed by atoms with Crippen LogP contribution < -0.4 is 0 Å². The summed E-state index contributed by atoms with van der Waals surface area (Å²) < 4.78 is 0. The SMILES string of the molecule is CCc1ccc(C(C)c2ccc(Cl)cc2)nc1. The van der Waals surface area contributed by atoms with Gasteiger partial charge in [-0.25, -0.2) is 0 Å². The van der Waals surface area contributed by atoms with Gasteiger partial charge in [-0.05, 0) is 35.7 Å². The fourth-order valence-electron chi connectivity index (χ4n) is 1.82. The molecule has 88 valence electrons. The minimum absolute atomic E-state index is 0.304. The van der Waals surface area contributed by atoms with Gasteiger partial charge >= 0.3 is 0 Å². The Morgan fingerprint density at radius 3 is 2.35 bits per heavy atom. The summed E-state index contributed by atoms with van der Waals surface area (Å²) in [5.41, 5.74) is 3.62. The molecule has 0 radical (unpaired) electrons. The van der Waals surface area contributed by atoms with Crippen LogP contribution in [0.25, 0.3) is 0 Å². The molecule has 1 unspecified atom stereocenters. The number of pyridine rings is 1. The lowest BCUT2D eigenvalue weighted by Crippen LogP contribution is -1.99. The maximum Gasteiger partial charge on any atom is 0.0475 e. The Labute approximate surface area is 107 Å². The largest absolute Gasteiger partial charge is 0.260 e. The van der Waals surface area contributed by atoms with Crippen molar-refractivity contribution in [1.82, 2.24) is 4.98 Å². The first kappa shape index (κ1) is 12.1.